The van der Waals surface area contributed by atoms with Crippen LogP contribution in [0.4, 0.5) is 0 Å². The highest BCUT2D eigenvalue weighted by atomic mass is 16.4. The van der Waals surface area contributed by atoms with Crippen LogP contribution in [0, 0.1) is 5.92 Å². The Balaban J connectivity index is 2.97. The van der Waals surface area contributed by atoms with Gasteiger partial charge in [0.2, 0.25) is 23.6 Å². The summed E-state index contributed by atoms with van der Waals surface area (Å²) in [5, 5.41) is 26.4. The molecule has 194 valence electrons. The van der Waals surface area contributed by atoms with Gasteiger partial charge >= 0.3 is 5.97 Å². The number of nitrogens with one attached hydrogen (secondary N) is 3. The molecule has 0 bridgehead atoms. The van der Waals surface area contributed by atoms with Crippen molar-refractivity contribution in [1.82, 2.24) is 16.0 Å². The van der Waals surface area contributed by atoms with Gasteiger partial charge in [0.25, 0.3) is 0 Å². The average molecular weight is 494 g/mol. The predicted octanol–water partition coefficient (Wildman–Crippen LogP) is -0.867. The molecule has 5 atom stereocenters. The summed E-state index contributed by atoms with van der Waals surface area (Å²) in [6.07, 6.45) is 0.424. The van der Waals surface area contributed by atoms with Crippen LogP contribution in [0.5, 0.6) is 5.75 Å². The first-order valence-electron chi connectivity index (χ1n) is 11.3. The van der Waals surface area contributed by atoms with E-state index in [0.717, 1.165) is 0 Å². The lowest BCUT2D eigenvalue weighted by Crippen LogP contribution is -2.57. The van der Waals surface area contributed by atoms with Gasteiger partial charge < -0.3 is 37.6 Å². The summed E-state index contributed by atoms with van der Waals surface area (Å²) < 4.78 is 0. The van der Waals surface area contributed by atoms with Gasteiger partial charge in [0, 0.05) is 12.8 Å². The molecule has 0 aromatic heterocycles. The van der Waals surface area contributed by atoms with E-state index < -0.39 is 53.8 Å². The van der Waals surface area contributed by atoms with Gasteiger partial charge in [0.15, 0.2) is 0 Å². The Morgan fingerprint density at radius 2 is 1.54 bits per heavy atom. The van der Waals surface area contributed by atoms with Crippen molar-refractivity contribution in [2.45, 2.75) is 70.6 Å². The summed E-state index contributed by atoms with van der Waals surface area (Å²) in [4.78, 5) is 60.5. The van der Waals surface area contributed by atoms with E-state index in [9.17, 15) is 34.2 Å². The number of aromatic hydroxyl groups is 1. The Labute approximate surface area is 203 Å². The predicted molar refractivity (Wildman–Crippen MR) is 127 cm³/mol. The lowest BCUT2D eigenvalue weighted by molar-refractivity contribution is -0.143. The standard InChI is InChI=1S/C23H35N5O7/c1-4-12(2)19(23(34)35)28-22(33)17(11-14-5-7-15(29)8-6-14)27-20(31)13(3)26-21(32)16(24)9-10-18(25)30/h5-8,12-13,16-17,19,29H,4,9-11,24H2,1-3H3,(H2,25,30)(H,26,32)(H,27,31)(H,28,33)(H,34,35). The molecule has 0 heterocycles. The molecule has 1 aromatic carbocycles. The largest absolute Gasteiger partial charge is 0.508 e. The van der Waals surface area contributed by atoms with E-state index in [2.05, 4.69) is 16.0 Å². The summed E-state index contributed by atoms with van der Waals surface area (Å²) in [7, 11) is 0. The number of hydrogen-bond acceptors (Lipinski definition) is 7. The maximum atomic E-state index is 13.0. The number of carboxylic acids is 1. The number of carbonyl (C=O) groups excluding carboxylic acids is 4. The molecule has 0 saturated carbocycles. The van der Waals surface area contributed by atoms with E-state index >= 15 is 0 Å². The molecule has 5 unspecified atom stereocenters. The first-order valence-corrected chi connectivity index (χ1v) is 11.3. The van der Waals surface area contributed by atoms with Crippen molar-refractivity contribution < 1.29 is 34.2 Å². The van der Waals surface area contributed by atoms with E-state index in [1.807, 2.05) is 0 Å². The van der Waals surface area contributed by atoms with Crippen LogP contribution in [0.3, 0.4) is 0 Å². The lowest BCUT2D eigenvalue weighted by Gasteiger charge is -2.25. The van der Waals surface area contributed by atoms with Gasteiger partial charge in [-0.1, -0.05) is 32.4 Å². The Morgan fingerprint density at radius 1 is 0.943 bits per heavy atom. The third kappa shape index (κ3) is 10.0. The Kier molecular flexibility index (Phi) is 11.7. The number of carbonyl (C=O) groups is 5. The second-order valence-electron chi connectivity index (χ2n) is 8.48. The highest BCUT2D eigenvalue weighted by Crippen LogP contribution is 2.13. The average Bonchev–Trinajstić information content (AvgIpc) is 2.80. The van der Waals surface area contributed by atoms with Crippen molar-refractivity contribution in [3.8, 4) is 5.75 Å². The topological polar surface area (TPSA) is 214 Å². The molecule has 0 fully saturated rings. The van der Waals surface area contributed by atoms with Crippen LogP contribution in [-0.4, -0.2) is 64.0 Å². The van der Waals surface area contributed by atoms with Crippen LogP contribution in [0.1, 0.15) is 45.6 Å². The number of rotatable bonds is 14. The molecule has 0 aliphatic carbocycles. The van der Waals surface area contributed by atoms with Crippen LogP contribution in [0.25, 0.3) is 0 Å². The molecular formula is C23H35N5O7. The maximum Gasteiger partial charge on any atom is 0.326 e. The van der Waals surface area contributed by atoms with Gasteiger partial charge in [-0.25, -0.2) is 4.79 Å². The molecule has 9 N–H and O–H groups in total. The normalized spacial score (nSPS) is 15.1. The Morgan fingerprint density at radius 3 is 2.06 bits per heavy atom. The van der Waals surface area contributed by atoms with Crippen molar-refractivity contribution in [3.63, 3.8) is 0 Å². The zero-order chi connectivity index (χ0) is 26.7. The first-order chi connectivity index (χ1) is 16.3. The fraction of sp³-hybridized carbons (Fsp3) is 0.522. The van der Waals surface area contributed by atoms with Crippen molar-refractivity contribution in [1.29, 1.82) is 0 Å². The third-order valence-corrected chi connectivity index (χ3v) is 5.58. The number of amides is 4. The van der Waals surface area contributed by atoms with Crippen molar-refractivity contribution in [2.24, 2.45) is 17.4 Å². The molecule has 0 saturated heterocycles. The second-order valence-corrected chi connectivity index (χ2v) is 8.48. The second kappa shape index (κ2) is 13.9. The van der Waals surface area contributed by atoms with Gasteiger partial charge in [0.05, 0.1) is 6.04 Å². The summed E-state index contributed by atoms with van der Waals surface area (Å²) >= 11 is 0. The number of phenols is 1. The van der Waals surface area contributed by atoms with E-state index in [1.54, 1.807) is 26.0 Å². The molecule has 35 heavy (non-hydrogen) atoms. The van der Waals surface area contributed by atoms with E-state index in [0.29, 0.717) is 12.0 Å². The summed E-state index contributed by atoms with van der Waals surface area (Å²) in [6.45, 7) is 4.87. The van der Waals surface area contributed by atoms with Crippen LogP contribution in [-0.2, 0) is 30.4 Å². The van der Waals surface area contributed by atoms with Gasteiger partial charge in [-0.15, -0.1) is 0 Å². The number of hydrogen-bond donors (Lipinski definition) is 7. The molecule has 0 aliphatic heterocycles. The van der Waals surface area contributed by atoms with E-state index in [-0.39, 0.29) is 30.9 Å². The smallest absolute Gasteiger partial charge is 0.326 e. The molecular weight excluding hydrogens is 458 g/mol. The van der Waals surface area contributed by atoms with Crippen LogP contribution < -0.4 is 27.4 Å². The SMILES string of the molecule is CCC(C)C(NC(=O)C(Cc1ccc(O)cc1)NC(=O)C(C)NC(=O)C(N)CCC(N)=O)C(=O)O. The minimum absolute atomic E-state index is 0.00346. The zero-order valence-electron chi connectivity index (χ0n) is 20.1. The summed E-state index contributed by atoms with van der Waals surface area (Å²) in [6, 6.07) is 1.50. The third-order valence-electron chi connectivity index (χ3n) is 5.58. The first kappa shape index (κ1) is 29.4. The molecule has 1 rings (SSSR count). The fourth-order valence-corrected chi connectivity index (χ4v) is 3.13. The molecule has 0 spiro atoms. The molecule has 1 aromatic rings. The Bertz CT molecular complexity index is 906. The summed E-state index contributed by atoms with van der Waals surface area (Å²) in [5.74, 6) is -4.24. The van der Waals surface area contributed by atoms with Gasteiger partial charge in [0.1, 0.15) is 23.9 Å². The minimum Gasteiger partial charge on any atom is -0.508 e. The minimum atomic E-state index is -1.20. The zero-order valence-corrected chi connectivity index (χ0v) is 20.1. The molecule has 4 amide bonds. The lowest BCUT2D eigenvalue weighted by atomic mass is 9.98. The van der Waals surface area contributed by atoms with Gasteiger partial charge in [-0.2, -0.15) is 0 Å². The van der Waals surface area contributed by atoms with E-state index in [1.165, 1.54) is 19.1 Å². The van der Waals surface area contributed by atoms with Crippen LogP contribution in [0.2, 0.25) is 0 Å². The number of primary amides is 1. The quantitative estimate of drug-likeness (QED) is 0.172. The maximum absolute atomic E-state index is 13.0. The molecule has 12 nitrogen and oxygen atoms in total. The number of phenolic OH excluding ortho intramolecular Hbond substituents is 1. The van der Waals surface area contributed by atoms with Crippen LogP contribution >= 0.6 is 0 Å². The van der Waals surface area contributed by atoms with Crippen LogP contribution in [0.15, 0.2) is 24.3 Å². The van der Waals surface area contributed by atoms with Crippen molar-refractivity contribution >= 4 is 29.6 Å². The van der Waals surface area contributed by atoms with Gasteiger partial charge in [-0.3, -0.25) is 19.2 Å². The van der Waals surface area contributed by atoms with Crippen molar-refractivity contribution in [3.05, 3.63) is 29.8 Å². The van der Waals surface area contributed by atoms with Crippen molar-refractivity contribution in [2.75, 3.05) is 0 Å². The number of aliphatic carboxylic acids is 1. The fourth-order valence-electron chi connectivity index (χ4n) is 3.13. The molecule has 0 aliphatic rings. The molecule has 12 heteroatoms. The highest BCUT2D eigenvalue weighted by Gasteiger charge is 2.31. The monoisotopic (exact) mass is 493 g/mol. The van der Waals surface area contributed by atoms with Gasteiger partial charge in [-0.05, 0) is 37.0 Å². The number of nitrogens with two attached hydrogens (primary N) is 2. The number of benzene rings is 1. The highest BCUT2D eigenvalue weighted by molar-refractivity contribution is 5.94. The van der Waals surface area contributed by atoms with E-state index in [4.69, 9.17) is 11.5 Å². The molecule has 0 radical (unpaired) electrons. The Hall–Kier alpha value is -3.67. The number of carboxylic acid groups (broad SMARTS) is 1. The summed E-state index contributed by atoms with van der Waals surface area (Å²) in [5.41, 5.74) is 11.4.